The first kappa shape index (κ1) is 9.53. The molecule has 0 amide bonds. The molecule has 0 aliphatic heterocycles. The Labute approximate surface area is 75.6 Å². The quantitative estimate of drug-likeness (QED) is 0.675. The Morgan fingerprint density at radius 3 is 3.00 bits per heavy atom. The summed E-state index contributed by atoms with van der Waals surface area (Å²) in [5.41, 5.74) is 1.55. The molecule has 0 aromatic carbocycles. The van der Waals surface area contributed by atoms with Gasteiger partial charge in [-0.25, -0.2) is 0 Å². The van der Waals surface area contributed by atoms with E-state index < -0.39 is 0 Å². The van der Waals surface area contributed by atoms with Crippen molar-refractivity contribution in [3.05, 3.63) is 23.8 Å². The second-order valence-electron chi connectivity index (χ2n) is 3.38. The first-order chi connectivity index (χ1) is 5.84. The summed E-state index contributed by atoms with van der Waals surface area (Å²) >= 11 is 0. The molecule has 1 unspecified atom stereocenters. The van der Waals surface area contributed by atoms with Gasteiger partial charge in [0.1, 0.15) is 0 Å². The molecule has 1 nitrogen and oxygen atoms in total. The molecule has 1 N–H and O–H groups in total. The van der Waals surface area contributed by atoms with Crippen LogP contribution in [0.4, 0.5) is 0 Å². The topological polar surface area (TPSA) is 12.0 Å². The van der Waals surface area contributed by atoms with E-state index in [1.54, 1.807) is 5.57 Å². The Morgan fingerprint density at radius 2 is 2.42 bits per heavy atom. The predicted molar refractivity (Wildman–Crippen MR) is 54.2 cm³/mol. The summed E-state index contributed by atoms with van der Waals surface area (Å²) in [5, 5.41) is 3.50. The van der Waals surface area contributed by atoms with Gasteiger partial charge in [0.25, 0.3) is 0 Å². The number of allylic oxidation sites excluding steroid dienone is 3. The third-order valence-corrected chi connectivity index (χ3v) is 2.30. The van der Waals surface area contributed by atoms with Gasteiger partial charge in [0.15, 0.2) is 0 Å². The molecule has 0 aromatic heterocycles. The zero-order valence-electron chi connectivity index (χ0n) is 8.14. The Balaban J connectivity index is 2.35. The molecule has 1 aliphatic rings. The van der Waals surface area contributed by atoms with E-state index in [1.165, 1.54) is 19.3 Å². The molecule has 1 heteroatoms. The fourth-order valence-corrected chi connectivity index (χ4v) is 1.47. The van der Waals surface area contributed by atoms with Gasteiger partial charge < -0.3 is 5.32 Å². The van der Waals surface area contributed by atoms with Crippen LogP contribution in [0.5, 0.6) is 0 Å². The third-order valence-electron chi connectivity index (χ3n) is 2.30. The molecule has 0 saturated heterocycles. The van der Waals surface area contributed by atoms with E-state index in [0.29, 0.717) is 6.04 Å². The van der Waals surface area contributed by atoms with Gasteiger partial charge in [0.05, 0.1) is 0 Å². The maximum absolute atomic E-state index is 3.50. The van der Waals surface area contributed by atoms with Gasteiger partial charge in [-0.15, -0.1) is 0 Å². The Kier molecular flexibility index (Phi) is 4.09. The Morgan fingerprint density at radius 1 is 1.58 bits per heavy atom. The molecule has 12 heavy (non-hydrogen) atoms. The van der Waals surface area contributed by atoms with E-state index in [4.69, 9.17) is 0 Å². The van der Waals surface area contributed by atoms with Crippen molar-refractivity contribution in [2.24, 2.45) is 0 Å². The zero-order valence-corrected chi connectivity index (χ0v) is 8.14. The second kappa shape index (κ2) is 5.15. The van der Waals surface area contributed by atoms with Gasteiger partial charge >= 0.3 is 0 Å². The van der Waals surface area contributed by atoms with Crippen LogP contribution in [-0.2, 0) is 0 Å². The highest BCUT2D eigenvalue weighted by molar-refractivity contribution is 5.21. The van der Waals surface area contributed by atoms with Crippen LogP contribution in [0.25, 0.3) is 0 Å². The Hall–Kier alpha value is -0.560. The van der Waals surface area contributed by atoms with E-state index >= 15 is 0 Å². The lowest BCUT2D eigenvalue weighted by Gasteiger charge is -2.18. The van der Waals surface area contributed by atoms with Gasteiger partial charge in [-0.2, -0.15) is 0 Å². The van der Waals surface area contributed by atoms with Gasteiger partial charge in [-0.3, -0.25) is 0 Å². The van der Waals surface area contributed by atoms with E-state index in [0.717, 1.165) is 6.54 Å². The average molecular weight is 165 g/mol. The number of hydrogen-bond donors (Lipinski definition) is 1. The molecule has 68 valence electrons. The van der Waals surface area contributed by atoms with Gasteiger partial charge in [-0.1, -0.05) is 30.7 Å². The van der Waals surface area contributed by atoms with Gasteiger partial charge in [0, 0.05) is 6.04 Å². The van der Waals surface area contributed by atoms with Crippen molar-refractivity contribution in [3.8, 4) is 0 Å². The maximum atomic E-state index is 3.50. The summed E-state index contributed by atoms with van der Waals surface area (Å²) in [6.07, 6.45) is 10.3. The minimum absolute atomic E-state index is 0.565. The summed E-state index contributed by atoms with van der Waals surface area (Å²) in [4.78, 5) is 0. The minimum Gasteiger partial charge on any atom is -0.311 e. The second-order valence-corrected chi connectivity index (χ2v) is 3.38. The zero-order chi connectivity index (χ0) is 8.81. The highest BCUT2D eigenvalue weighted by Gasteiger charge is 2.07. The van der Waals surface area contributed by atoms with Crippen molar-refractivity contribution in [3.63, 3.8) is 0 Å². The van der Waals surface area contributed by atoms with Crippen LogP contribution in [0.2, 0.25) is 0 Å². The molecular weight excluding hydrogens is 146 g/mol. The summed E-state index contributed by atoms with van der Waals surface area (Å²) in [5.74, 6) is 0. The first-order valence-corrected chi connectivity index (χ1v) is 4.93. The highest BCUT2D eigenvalue weighted by atomic mass is 14.9. The summed E-state index contributed by atoms with van der Waals surface area (Å²) in [6, 6.07) is 0.565. The van der Waals surface area contributed by atoms with E-state index in [2.05, 4.69) is 37.4 Å². The van der Waals surface area contributed by atoms with Crippen molar-refractivity contribution in [1.29, 1.82) is 0 Å². The highest BCUT2D eigenvalue weighted by Crippen LogP contribution is 2.15. The molecule has 1 aliphatic carbocycles. The summed E-state index contributed by atoms with van der Waals surface area (Å²) < 4.78 is 0. The third kappa shape index (κ3) is 2.82. The fraction of sp³-hybridized carbons (Fsp3) is 0.636. The van der Waals surface area contributed by atoms with Crippen molar-refractivity contribution < 1.29 is 0 Å². The lowest BCUT2D eigenvalue weighted by atomic mass is 9.99. The maximum Gasteiger partial charge on any atom is 0.0254 e. The molecule has 0 heterocycles. The fourth-order valence-electron chi connectivity index (χ4n) is 1.47. The monoisotopic (exact) mass is 165 g/mol. The molecule has 1 rings (SSSR count). The normalized spacial score (nSPS) is 19.0. The van der Waals surface area contributed by atoms with E-state index in [1.807, 2.05) is 0 Å². The van der Waals surface area contributed by atoms with Crippen molar-refractivity contribution in [2.75, 3.05) is 6.54 Å². The van der Waals surface area contributed by atoms with Crippen molar-refractivity contribution in [2.45, 2.75) is 39.2 Å². The number of hydrogen-bond acceptors (Lipinski definition) is 1. The summed E-state index contributed by atoms with van der Waals surface area (Å²) in [6.45, 7) is 5.58. The van der Waals surface area contributed by atoms with Crippen molar-refractivity contribution >= 4 is 0 Å². The smallest absolute Gasteiger partial charge is 0.0254 e. The molecule has 0 radical (unpaired) electrons. The number of rotatable bonds is 4. The largest absolute Gasteiger partial charge is 0.311 e. The molecule has 0 aromatic rings. The van der Waals surface area contributed by atoms with Crippen molar-refractivity contribution in [1.82, 2.24) is 5.32 Å². The average Bonchev–Trinajstić information content (AvgIpc) is 2.15. The van der Waals surface area contributed by atoms with E-state index in [9.17, 15) is 0 Å². The minimum atomic E-state index is 0.565. The van der Waals surface area contributed by atoms with Crippen LogP contribution in [0.3, 0.4) is 0 Å². The van der Waals surface area contributed by atoms with Crippen LogP contribution in [0.1, 0.15) is 33.1 Å². The lowest BCUT2D eigenvalue weighted by Crippen LogP contribution is -2.28. The lowest BCUT2D eigenvalue weighted by molar-refractivity contribution is 0.584. The predicted octanol–water partition coefficient (Wildman–Crippen LogP) is 2.65. The SMILES string of the molecule is CCCNC(C)C1=CC=CCC1. The van der Waals surface area contributed by atoms with E-state index in [-0.39, 0.29) is 0 Å². The molecular formula is C11H19N. The van der Waals surface area contributed by atoms with Crippen LogP contribution in [-0.4, -0.2) is 12.6 Å². The van der Waals surface area contributed by atoms with Crippen LogP contribution >= 0.6 is 0 Å². The standard InChI is InChI=1S/C11H19N/c1-3-9-12-10(2)11-7-5-4-6-8-11/h4-5,7,10,12H,3,6,8-9H2,1-2H3. The van der Waals surface area contributed by atoms with Crippen LogP contribution in [0.15, 0.2) is 23.8 Å². The molecule has 1 atom stereocenters. The van der Waals surface area contributed by atoms with Gasteiger partial charge in [0.2, 0.25) is 0 Å². The van der Waals surface area contributed by atoms with Crippen LogP contribution < -0.4 is 5.32 Å². The molecule has 0 spiro atoms. The molecule has 0 bridgehead atoms. The van der Waals surface area contributed by atoms with Gasteiger partial charge in [-0.05, 0) is 32.7 Å². The summed E-state index contributed by atoms with van der Waals surface area (Å²) in [7, 11) is 0. The molecule has 0 saturated carbocycles. The first-order valence-electron chi connectivity index (χ1n) is 4.93. The molecule has 0 fully saturated rings. The Bertz CT molecular complexity index is 179. The van der Waals surface area contributed by atoms with Crippen LogP contribution in [0, 0.1) is 0 Å². The number of nitrogens with one attached hydrogen (secondary N) is 1.